The molecule has 1 rings (SSSR count). The summed E-state index contributed by atoms with van der Waals surface area (Å²) in [7, 11) is -7.87. The van der Waals surface area contributed by atoms with Crippen LogP contribution in [0.25, 0.3) is 0 Å². The van der Waals surface area contributed by atoms with E-state index in [0.29, 0.717) is 26.2 Å². The molecule has 20 heavy (non-hydrogen) atoms. The minimum absolute atomic E-state index is 0. The van der Waals surface area contributed by atoms with Crippen LogP contribution in [0.4, 0.5) is 0 Å². The van der Waals surface area contributed by atoms with Crippen molar-refractivity contribution < 1.29 is 85.1 Å². The summed E-state index contributed by atoms with van der Waals surface area (Å²) in [6, 6.07) is 0. The van der Waals surface area contributed by atoms with Crippen LogP contribution >= 0.6 is 0 Å². The van der Waals surface area contributed by atoms with Gasteiger partial charge in [-0.3, -0.25) is 18.9 Å². The monoisotopic (exact) mass is 348 g/mol. The van der Waals surface area contributed by atoms with Crippen LogP contribution in [0, 0.1) is 0 Å². The summed E-state index contributed by atoms with van der Waals surface area (Å²) in [4.78, 5) is 3.77. The normalized spacial score (nSPS) is 18.1. The van der Waals surface area contributed by atoms with Crippen LogP contribution in [-0.4, -0.2) is 86.5 Å². The van der Waals surface area contributed by atoms with Gasteiger partial charge in [-0.15, -0.1) is 0 Å². The van der Waals surface area contributed by atoms with E-state index in [0.717, 1.165) is 0 Å². The molecule has 0 unspecified atom stereocenters. The molecule has 1 saturated heterocycles. The smallest absolute Gasteiger partial charge is 0.300 e. The molecular weight excluding hydrogens is 330 g/mol. The first-order valence-electron chi connectivity index (χ1n) is 5.51. The van der Waals surface area contributed by atoms with E-state index in [1.807, 2.05) is 9.80 Å². The van der Waals surface area contributed by atoms with Gasteiger partial charge in [0.1, 0.15) is 0 Å². The predicted octanol–water partition coefficient (Wildman–Crippen LogP) is -7.61. The Morgan fingerprint density at radius 3 is 1.15 bits per heavy atom. The fourth-order valence-corrected chi connectivity index (χ4v) is 2.70. The van der Waals surface area contributed by atoms with Crippen molar-refractivity contribution in [3.63, 3.8) is 0 Å². The second-order valence-electron chi connectivity index (χ2n) is 4.26. The van der Waals surface area contributed by atoms with Crippen LogP contribution in [0.2, 0.25) is 0 Å². The molecule has 0 aromatic rings. The third-order valence-corrected chi connectivity index (χ3v) is 4.19. The van der Waals surface area contributed by atoms with Crippen LogP contribution in [-0.2, 0) is 20.2 Å². The predicted molar refractivity (Wildman–Crippen MR) is 65.7 cm³/mol. The minimum Gasteiger partial charge on any atom is -0.300 e. The van der Waals surface area contributed by atoms with E-state index in [-0.39, 0.29) is 83.7 Å². The van der Waals surface area contributed by atoms with Crippen molar-refractivity contribution in [2.45, 2.75) is 0 Å². The fourth-order valence-electron chi connectivity index (χ4n) is 1.73. The SMILES string of the molecule is O=S(=O)(O)CCN1CCN(CCS(=O)(=O)O)CC1.[Na+].[Na+]. The number of hydrogen-bond donors (Lipinski definition) is 2. The molecule has 0 radical (unpaired) electrons. The Balaban J connectivity index is 0. The van der Waals surface area contributed by atoms with Gasteiger partial charge in [-0.2, -0.15) is 16.8 Å². The van der Waals surface area contributed by atoms with Gasteiger partial charge in [-0.1, -0.05) is 0 Å². The number of piperazine rings is 1. The average Bonchev–Trinajstić information content (AvgIpc) is 2.23. The van der Waals surface area contributed by atoms with E-state index in [4.69, 9.17) is 9.11 Å². The van der Waals surface area contributed by atoms with Crippen molar-refractivity contribution in [1.29, 1.82) is 0 Å². The Bertz CT molecular complexity index is 417. The van der Waals surface area contributed by atoms with Gasteiger partial charge in [0.15, 0.2) is 0 Å². The Hall–Kier alpha value is 1.74. The standard InChI is InChI=1S/C8H18N2O6S2.2Na/c11-17(12,13)7-5-9-1-2-10(4-3-9)6-8-18(14,15)16;;/h1-8H2,(H,11,12,13)(H,14,15,16);;/q;2*+1. The molecule has 1 aliphatic heterocycles. The Morgan fingerprint density at radius 1 is 0.700 bits per heavy atom. The summed E-state index contributed by atoms with van der Waals surface area (Å²) in [5.74, 6) is -0.587. The third kappa shape index (κ3) is 12.3. The maximum atomic E-state index is 10.6. The summed E-state index contributed by atoms with van der Waals surface area (Å²) in [6.07, 6.45) is 0. The van der Waals surface area contributed by atoms with E-state index in [2.05, 4.69) is 0 Å². The molecule has 8 nitrogen and oxygen atoms in total. The first-order valence-corrected chi connectivity index (χ1v) is 8.72. The van der Waals surface area contributed by atoms with Gasteiger partial charge in [-0.05, 0) is 0 Å². The van der Waals surface area contributed by atoms with E-state index in [1.165, 1.54) is 0 Å². The Morgan fingerprint density at radius 2 is 0.950 bits per heavy atom. The molecular formula is C8H18N2Na2O6S2+2. The van der Waals surface area contributed by atoms with Crippen LogP contribution in [0.5, 0.6) is 0 Å². The van der Waals surface area contributed by atoms with Crippen LogP contribution in [0.1, 0.15) is 0 Å². The Labute approximate surface area is 164 Å². The Kier molecular flexibility index (Phi) is 12.6. The molecule has 12 heteroatoms. The van der Waals surface area contributed by atoms with Gasteiger partial charge < -0.3 is 0 Å². The number of rotatable bonds is 6. The van der Waals surface area contributed by atoms with Crippen molar-refractivity contribution in [2.24, 2.45) is 0 Å². The second kappa shape index (κ2) is 10.5. The molecule has 0 bridgehead atoms. The zero-order chi connectivity index (χ0) is 13.8. The second-order valence-corrected chi connectivity index (χ2v) is 7.40. The molecule has 1 heterocycles. The van der Waals surface area contributed by atoms with Crippen molar-refractivity contribution in [3.05, 3.63) is 0 Å². The summed E-state index contributed by atoms with van der Waals surface area (Å²) in [5.41, 5.74) is 0. The van der Waals surface area contributed by atoms with Crippen LogP contribution in [0.15, 0.2) is 0 Å². The molecule has 108 valence electrons. The topological polar surface area (TPSA) is 115 Å². The molecule has 0 spiro atoms. The molecule has 1 aliphatic rings. The zero-order valence-corrected chi connectivity index (χ0v) is 17.5. The summed E-state index contributed by atoms with van der Waals surface area (Å²) < 4.78 is 59.5. The summed E-state index contributed by atoms with van der Waals surface area (Å²) >= 11 is 0. The van der Waals surface area contributed by atoms with Gasteiger partial charge in [-0.25, -0.2) is 0 Å². The molecule has 2 N–H and O–H groups in total. The third-order valence-electron chi connectivity index (χ3n) is 2.80. The molecule has 0 atom stereocenters. The van der Waals surface area contributed by atoms with E-state index in [1.54, 1.807) is 0 Å². The van der Waals surface area contributed by atoms with Crippen LogP contribution in [0.3, 0.4) is 0 Å². The van der Waals surface area contributed by atoms with Crippen molar-refractivity contribution in [3.8, 4) is 0 Å². The van der Waals surface area contributed by atoms with E-state index in [9.17, 15) is 16.8 Å². The van der Waals surface area contributed by atoms with E-state index < -0.39 is 20.2 Å². The zero-order valence-electron chi connectivity index (χ0n) is 11.9. The van der Waals surface area contributed by atoms with Crippen molar-refractivity contribution >= 4 is 20.2 Å². The van der Waals surface area contributed by atoms with E-state index >= 15 is 0 Å². The largest absolute Gasteiger partial charge is 1.00 e. The van der Waals surface area contributed by atoms with Crippen LogP contribution < -0.4 is 59.1 Å². The molecule has 0 aliphatic carbocycles. The van der Waals surface area contributed by atoms with Crippen molar-refractivity contribution in [1.82, 2.24) is 9.80 Å². The first kappa shape index (κ1) is 24.0. The van der Waals surface area contributed by atoms with Gasteiger partial charge in [0.2, 0.25) is 0 Å². The molecule has 0 saturated carbocycles. The molecule has 0 aromatic carbocycles. The fraction of sp³-hybridized carbons (Fsp3) is 1.00. The van der Waals surface area contributed by atoms with Crippen molar-refractivity contribution in [2.75, 3.05) is 50.8 Å². The summed E-state index contributed by atoms with van der Waals surface area (Å²) in [5, 5.41) is 0. The van der Waals surface area contributed by atoms with Gasteiger partial charge in [0.05, 0.1) is 11.5 Å². The van der Waals surface area contributed by atoms with Gasteiger partial charge >= 0.3 is 59.1 Å². The van der Waals surface area contributed by atoms with Gasteiger partial charge in [0.25, 0.3) is 20.2 Å². The maximum absolute atomic E-state index is 10.6. The quantitative estimate of drug-likeness (QED) is 0.359. The first-order chi connectivity index (χ1) is 8.16. The molecule has 0 amide bonds. The minimum atomic E-state index is -3.93. The molecule has 0 aromatic heterocycles. The van der Waals surface area contributed by atoms with Gasteiger partial charge in [0, 0.05) is 39.3 Å². The number of hydrogen-bond acceptors (Lipinski definition) is 6. The number of nitrogens with zero attached hydrogens (tertiary/aromatic N) is 2. The summed E-state index contributed by atoms with van der Waals surface area (Å²) in [6.45, 7) is 2.99. The average molecular weight is 348 g/mol. The maximum Gasteiger partial charge on any atom is 1.00 e. The molecule has 1 fully saturated rings.